The molecule has 1 N–H and O–H groups in total. The molecular formula is C23H18ClN5O. The number of fused-ring (bicyclic) bond motifs is 1. The zero-order chi connectivity index (χ0) is 19.5. The zero-order valence-electron chi connectivity index (χ0n) is 15.9. The predicted molar refractivity (Wildman–Crippen MR) is 118 cm³/mol. The predicted octanol–water partition coefficient (Wildman–Crippen LogP) is 5.08. The van der Waals surface area contributed by atoms with E-state index in [4.69, 9.17) is 4.74 Å². The highest BCUT2D eigenvalue weighted by Gasteiger charge is 2.10. The summed E-state index contributed by atoms with van der Waals surface area (Å²) in [7, 11) is 0. The first-order valence-corrected chi connectivity index (χ1v) is 9.27. The van der Waals surface area contributed by atoms with Crippen molar-refractivity contribution < 1.29 is 4.74 Å². The lowest BCUT2D eigenvalue weighted by molar-refractivity contribution is 0.295. The van der Waals surface area contributed by atoms with Gasteiger partial charge in [-0.15, -0.1) is 22.6 Å². The number of hydrogen-bond acceptors (Lipinski definition) is 5. The molecule has 0 fully saturated rings. The topological polar surface area (TPSA) is 76.6 Å². The molecule has 0 saturated heterocycles. The molecule has 5 rings (SSSR count). The largest absolute Gasteiger partial charge is 0.473 e. The van der Waals surface area contributed by atoms with Gasteiger partial charge in [0, 0.05) is 17.0 Å². The molecule has 0 aliphatic heterocycles. The van der Waals surface area contributed by atoms with Crippen LogP contribution >= 0.6 is 12.4 Å². The van der Waals surface area contributed by atoms with Crippen molar-refractivity contribution in [1.29, 1.82) is 0 Å². The van der Waals surface area contributed by atoms with Crippen LogP contribution in [0.4, 0.5) is 0 Å². The maximum Gasteiger partial charge on any atom is 0.214 e. The molecule has 0 unspecified atom stereocenters. The number of nitrogens with zero attached hydrogens (tertiary/aromatic N) is 4. The number of nitrogens with one attached hydrogen (secondary N) is 1. The molecule has 7 heteroatoms. The Bertz CT molecular complexity index is 1260. The number of aromatic nitrogens is 5. The van der Waals surface area contributed by atoms with Gasteiger partial charge in [-0.25, -0.2) is 4.98 Å². The average molecular weight is 416 g/mol. The first kappa shape index (κ1) is 19.5. The molecule has 5 aromatic rings. The number of rotatable bonds is 5. The minimum Gasteiger partial charge on any atom is -0.473 e. The van der Waals surface area contributed by atoms with Gasteiger partial charge in [-0.2, -0.15) is 5.21 Å². The molecule has 0 bridgehead atoms. The van der Waals surface area contributed by atoms with Crippen LogP contribution in [0, 0.1) is 0 Å². The van der Waals surface area contributed by atoms with Gasteiger partial charge in [0.15, 0.2) is 0 Å². The van der Waals surface area contributed by atoms with Crippen LogP contribution in [0.15, 0.2) is 84.9 Å². The van der Waals surface area contributed by atoms with Crippen LogP contribution in [0.25, 0.3) is 33.4 Å². The van der Waals surface area contributed by atoms with Crippen molar-refractivity contribution in [3.05, 3.63) is 90.5 Å². The van der Waals surface area contributed by atoms with Gasteiger partial charge in [0.2, 0.25) is 11.7 Å². The number of aromatic amines is 1. The number of tetrazole rings is 1. The quantitative estimate of drug-likeness (QED) is 0.433. The Morgan fingerprint density at radius 2 is 1.53 bits per heavy atom. The van der Waals surface area contributed by atoms with Crippen molar-refractivity contribution in [1.82, 2.24) is 25.6 Å². The summed E-state index contributed by atoms with van der Waals surface area (Å²) in [6.07, 6.45) is 0. The van der Waals surface area contributed by atoms with E-state index in [1.54, 1.807) is 0 Å². The van der Waals surface area contributed by atoms with Crippen LogP contribution in [0.5, 0.6) is 5.88 Å². The van der Waals surface area contributed by atoms with Crippen LogP contribution < -0.4 is 4.74 Å². The Labute approximate surface area is 179 Å². The smallest absolute Gasteiger partial charge is 0.214 e. The second kappa shape index (κ2) is 8.71. The van der Waals surface area contributed by atoms with Crippen LogP contribution in [-0.2, 0) is 6.61 Å². The molecule has 0 amide bonds. The van der Waals surface area contributed by atoms with Gasteiger partial charge in [-0.3, -0.25) is 0 Å². The third-order valence-corrected chi connectivity index (χ3v) is 4.74. The van der Waals surface area contributed by atoms with Gasteiger partial charge in [-0.05, 0) is 34.0 Å². The Hall–Kier alpha value is -3.77. The molecule has 0 aliphatic carbocycles. The highest BCUT2D eigenvalue weighted by Crippen LogP contribution is 2.29. The number of benzene rings is 3. The molecule has 6 nitrogen and oxygen atoms in total. The number of ether oxygens (including phenoxy) is 1. The first-order chi connectivity index (χ1) is 14.4. The number of para-hydroxylation sites is 1. The fraction of sp³-hybridized carbons (Fsp3) is 0.0435. The fourth-order valence-corrected chi connectivity index (χ4v) is 3.27. The number of H-pyrrole nitrogens is 1. The van der Waals surface area contributed by atoms with E-state index in [9.17, 15) is 0 Å². The highest BCUT2D eigenvalue weighted by molar-refractivity contribution is 5.85. The van der Waals surface area contributed by atoms with E-state index in [0.29, 0.717) is 18.3 Å². The van der Waals surface area contributed by atoms with E-state index >= 15 is 0 Å². The van der Waals surface area contributed by atoms with Gasteiger partial charge in [-0.1, -0.05) is 66.7 Å². The van der Waals surface area contributed by atoms with Gasteiger partial charge in [0.25, 0.3) is 0 Å². The third kappa shape index (κ3) is 3.99. The van der Waals surface area contributed by atoms with Gasteiger partial charge in [0.1, 0.15) is 6.61 Å². The SMILES string of the molecule is Cl.c1ccc(-c2nn[nH]n2)c(-c2ccc(COc3ccc4ccccc4n3)cc2)c1. The van der Waals surface area contributed by atoms with Crippen LogP contribution in [-0.4, -0.2) is 25.6 Å². The van der Waals surface area contributed by atoms with Crippen molar-refractivity contribution >= 4 is 23.3 Å². The lowest BCUT2D eigenvalue weighted by atomic mass is 9.98. The molecule has 0 radical (unpaired) electrons. The summed E-state index contributed by atoms with van der Waals surface area (Å²) in [4.78, 5) is 4.55. The van der Waals surface area contributed by atoms with Gasteiger partial charge >= 0.3 is 0 Å². The standard InChI is InChI=1S/C23H17N5O.ClH/c1-4-8-21-18(5-1)13-14-22(24-21)29-15-16-9-11-17(12-10-16)19-6-2-3-7-20(19)23-25-27-28-26-23;/h1-14H,15H2,(H,25,26,27,28);1H. The molecule has 30 heavy (non-hydrogen) atoms. The van der Waals surface area contributed by atoms with Crippen molar-refractivity contribution in [2.75, 3.05) is 0 Å². The Morgan fingerprint density at radius 3 is 2.33 bits per heavy atom. The lowest BCUT2D eigenvalue weighted by Crippen LogP contribution is -1.97. The lowest BCUT2D eigenvalue weighted by Gasteiger charge is -2.09. The zero-order valence-corrected chi connectivity index (χ0v) is 16.7. The second-order valence-electron chi connectivity index (χ2n) is 6.61. The van der Waals surface area contributed by atoms with E-state index in [1.165, 1.54) is 0 Å². The van der Waals surface area contributed by atoms with Crippen LogP contribution in [0.3, 0.4) is 0 Å². The van der Waals surface area contributed by atoms with Crippen molar-refractivity contribution in [3.63, 3.8) is 0 Å². The molecule has 3 aromatic carbocycles. The Morgan fingerprint density at radius 1 is 0.767 bits per heavy atom. The van der Waals surface area contributed by atoms with Crippen molar-refractivity contribution in [2.45, 2.75) is 6.61 Å². The summed E-state index contributed by atoms with van der Waals surface area (Å²) in [5.41, 5.74) is 5.07. The summed E-state index contributed by atoms with van der Waals surface area (Å²) in [6, 6.07) is 28.2. The van der Waals surface area contributed by atoms with Crippen LogP contribution in [0.2, 0.25) is 0 Å². The van der Waals surface area contributed by atoms with Gasteiger partial charge in [0.05, 0.1) is 5.52 Å². The van der Waals surface area contributed by atoms with E-state index in [0.717, 1.165) is 33.2 Å². The highest BCUT2D eigenvalue weighted by atomic mass is 35.5. The molecule has 0 spiro atoms. The van der Waals surface area contributed by atoms with Crippen LogP contribution in [0.1, 0.15) is 5.56 Å². The minimum absolute atomic E-state index is 0. The molecule has 0 aliphatic rings. The summed E-state index contributed by atoms with van der Waals surface area (Å²) in [6.45, 7) is 0.456. The summed E-state index contributed by atoms with van der Waals surface area (Å²) in [5.74, 6) is 1.20. The third-order valence-electron chi connectivity index (χ3n) is 4.74. The van der Waals surface area contributed by atoms with Crippen molar-refractivity contribution in [3.8, 4) is 28.4 Å². The normalized spacial score (nSPS) is 10.5. The average Bonchev–Trinajstić information content (AvgIpc) is 3.33. The summed E-state index contributed by atoms with van der Waals surface area (Å²) >= 11 is 0. The van der Waals surface area contributed by atoms with E-state index in [1.807, 2.05) is 54.6 Å². The van der Waals surface area contributed by atoms with E-state index in [-0.39, 0.29) is 12.4 Å². The Kier molecular flexibility index (Phi) is 5.68. The molecule has 0 atom stereocenters. The maximum absolute atomic E-state index is 5.88. The Balaban J connectivity index is 0.00000218. The summed E-state index contributed by atoms with van der Waals surface area (Å²) < 4.78 is 5.88. The maximum atomic E-state index is 5.88. The molecular weight excluding hydrogens is 398 g/mol. The number of hydrogen-bond donors (Lipinski definition) is 1. The number of halogens is 1. The minimum atomic E-state index is 0. The van der Waals surface area contributed by atoms with Crippen molar-refractivity contribution in [2.24, 2.45) is 0 Å². The number of pyridine rings is 1. The first-order valence-electron chi connectivity index (χ1n) is 9.27. The molecule has 0 saturated carbocycles. The van der Waals surface area contributed by atoms with E-state index < -0.39 is 0 Å². The second-order valence-corrected chi connectivity index (χ2v) is 6.61. The molecule has 2 heterocycles. The fourth-order valence-electron chi connectivity index (χ4n) is 3.27. The van der Waals surface area contributed by atoms with Gasteiger partial charge < -0.3 is 4.74 Å². The molecule has 2 aromatic heterocycles. The monoisotopic (exact) mass is 415 g/mol. The summed E-state index contributed by atoms with van der Waals surface area (Å²) in [5, 5.41) is 15.5. The molecule has 148 valence electrons. The van der Waals surface area contributed by atoms with E-state index in [2.05, 4.69) is 55.9 Å².